The number of nitrogens with one attached hydrogen (secondary N) is 1. The summed E-state index contributed by atoms with van der Waals surface area (Å²) in [6.45, 7) is 1.76. The van der Waals surface area contributed by atoms with Gasteiger partial charge in [0.1, 0.15) is 11.5 Å². The Morgan fingerprint density at radius 2 is 1.74 bits per heavy atom. The molecule has 176 valence electrons. The molecular weight excluding hydrogens is 487 g/mol. The lowest BCUT2D eigenvalue weighted by atomic mass is 10.0. The first kappa shape index (κ1) is 24.3. The van der Waals surface area contributed by atoms with Gasteiger partial charge in [-0.15, -0.1) is 0 Å². The largest absolute Gasteiger partial charge is 0.484 e. The Labute approximate surface area is 212 Å². The molecule has 0 aliphatic rings. The van der Waals surface area contributed by atoms with Gasteiger partial charge in [0.25, 0.3) is 5.91 Å². The van der Waals surface area contributed by atoms with Crippen molar-refractivity contribution in [3.05, 3.63) is 106 Å². The van der Waals surface area contributed by atoms with E-state index in [0.717, 1.165) is 16.3 Å². The second-order valence-corrected chi connectivity index (χ2v) is 8.45. The number of esters is 1. The molecule has 1 N–H and O–H groups in total. The second-order valence-electron chi connectivity index (χ2n) is 7.61. The van der Waals surface area contributed by atoms with Crippen LogP contribution in [-0.4, -0.2) is 24.7 Å². The van der Waals surface area contributed by atoms with Crippen molar-refractivity contribution in [2.24, 2.45) is 5.10 Å². The Balaban J connectivity index is 1.52. The molecule has 6 nitrogen and oxygen atoms in total. The molecule has 0 atom stereocenters. The summed E-state index contributed by atoms with van der Waals surface area (Å²) in [7, 11) is 0. The fraction of sp³-hybridized carbons (Fsp3) is 0.0741. The van der Waals surface area contributed by atoms with E-state index in [0.29, 0.717) is 16.3 Å². The molecule has 1 amide bonds. The zero-order chi connectivity index (χ0) is 24.8. The SMILES string of the molecule is Cc1ccc(OCC(=O)N/N=C/c2c(OC(=O)c3ccc(Cl)cc3Cl)ccc3ccccc23)cc1. The third-order valence-electron chi connectivity index (χ3n) is 5.06. The van der Waals surface area contributed by atoms with E-state index >= 15 is 0 Å². The maximum atomic E-state index is 12.8. The molecule has 35 heavy (non-hydrogen) atoms. The summed E-state index contributed by atoms with van der Waals surface area (Å²) in [5.41, 5.74) is 4.22. The Morgan fingerprint density at radius 3 is 2.51 bits per heavy atom. The Hall–Kier alpha value is -3.87. The highest BCUT2D eigenvalue weighted by molar-refractivity contribution is 6.36. The summed E-state index contributed by atoms with van der Waals surface area (Å²) in [4.78, 5) is 25.0. The highest BCUT2D eigenvalue weighted by Gasteiger charge is 2.16. The Bertz CT molecular complexity index is 1420. The van der Waals surface area contributed by atoms with Crippen LogP contribution < -0.4 is 14.9 Å². The number of aryl methyl sites for hydroxylation is 1. The minimum Gasteiger partial charge on any atom is -0.484 e. The van der Waals surface area contributed by atoms with E-state index in [2.05, 4.69) is 10.5 Å². The predicted octanol–water partition coefficient (Wildman–Crippen LogP) is 6.20. The average Bonchev–Trinajstić information content (AvgIpc) is 2.84. The molecule has 0 radical (unpaired) electrons. The lowest BCUT2D eigenvalue weighted by Crippen LogP contribution is -2.24. The maximum Gasteiger partial charge on any atom is 0.345 e. The van der Waals surface area contributed by atoms with Crippen LogP contribution in [0.4, 0.5) is 0 Å². The van der Waals surface area contributed by atoms with E-state index in [1.54, 1.807) is 24.3 Å². The number of ether oxygens (including phenoxy) is 2. The molecule has 0 fully saturated rings. The molecule has 0 saturated carbocycles. The second kappa shape index (κ2) is 11.0. The van der Waals surface area contributed by atoms with Crippen molar-refractivity contribution in [2.45, 2.75) is 6.92 Å². The van der Waals surface area contributed by atoms with Crippen molar-refractivity contribution in [3.63, 3.8) is 0 Å². The number of hydrazone groups is 1. The van der Waals surface area contributed by atoms with E-state index in [1.807, 2.05) is 49.4 Å². The smallest absolute Gasteiger partial charge is 0.345 e. The molecule has 0 aromatic heterocycles. The number of halogens is 2. The fourth-order valence-corrected chi connectivity index (χ4v) is 3.78. The summed E-state index contributed by atoms with van der Waals surface area (Å²) >= 11 is 12.1. The Kier molecular flexibility index (Phi) is 7.65. The number of fused-ring (bicyclic) bond motifs is 1. The van der Waals surface area contributed by atoms with Crippen LogP contribution in [0.3, 0.4) is 0 Å². The van der Waals surface area contributed by atoms with Crippen LogP contribution in [0.1, 0.15) is 21.5 Å². The van der Waals surface area contributed by atoms with Crippen molar-refractivity contribution in [2.75, 3.05) is 6.61 Å². The molecule has 0 heterocycles. The molecule has 0 aliphatic heterocycles. The summed E-state index contributed by atoms with van der Waals surface area (Å²) in [6.07, 6.45) is 1.43. The summed E-state index contributed by atoms with van der Waals surface area (Å²) in [5.74, 6) is -0.242. The minimum atomic E-state index is -0.646. The summed E-state index contributed by atoms with van der Waals surface area (Å²) in [6, 6.07) is 22.9. The monoisotopic (exact) mass is 506 g/mol. The molecule has 8 heteroatoms. The first-order chi connectivity index (χ1) is 16.9. The van der Waals surface area contributed by atoms with Crippen LogP contribution in [0.15, 0.2) is 84.0 Å². The maximum absolute atomic E-state index is 12.8. The van der Waals surface area contributed by atoms with Gasteiger partial charge in [0.05, 0.1) is 16.8 Å². The number of hydrogen-bond acceptors (Lipinski definition) is 5. The molecule has 0 bridgehead atoms. The number of carbonyl (C=O) groups is 2. The number of carbonyl (C=O) groups excluding carboxylic acids is 2. The van der Waals surface area contributed by atoms with Crippen LogP contribution in [-0.2, 0) is 4.79 Å². The highest BCUT2D eigenvalue weighted by Crippen LogP contribution is 2.29. The molecule has 0 spiro atoms. The average molecular weight is 507 g/mol. The zero-order valence-corrected chi connectivity index (χ0v) is 20.1. The van der Waals surface area contributed by atoms with Crippen LogP contribution in [0, 0.1) is 6.92 Å². The van der Waals surface area contributed by atoms with E-state index in [-0.39, 0.29) is 22.9 Å². The normalized spacial score (nSPS) is 10.9. The molecule has 0 unspecified atom stereocenters. The number of hydrogen-bond donors (Lipinski definition) is 1. The van der Waals surface area contributed by atoms with Crippen LogP contribution in [0.2, 0.25) is 10.0 Å². The Morgan fingerprint density at radius 1 is 0.971 bits per heavy atom. The highest BCUT2D eigenvalue weighted by atomic mass is 35.5. The van der Waals surface area contributed by atoms with Crippen molar-refractivity contribution >= 4 is 52.1 Å². The van der Waals surface area contributed by atoms with Gasteiger partial charge in [0.15, 0.2) is 6.61 Å². The molecule has 4 rings (SSSR count). The molecule has 4 aromatic rings. The fourth-order valence-electron chi connectivity index (χ4n) is 3.29. The van der Waals surface area contributed by atoms with Crippen LogP contribution >= 0.6 is 23.2 Å². The number of nitrogens with zero attached hydrogens (tertiary/aromatic N) is 1. The van der Waals surface area contributed by atoms with Gasteiger partial charge in [-0.2, -0.15) is 5.10 Å². The van der Waals surface area contributed by atoms with E-state index in [9.17, 15) is 9.59 Å². The van der Waals surface area contributed by atoms with Crippen molar-refractivity contribution in [1.82, 2.24) is 5.43 Å². The standard InChI is InChI=1S/C27H20Cl2N2O4/c1-17-6-10-20(11-7-17)34-16-26(32)31-30-15-23-21-5-3-2-4-18(21)8-13-25(23)35-27(33)22-12-9-19(28)14-24(22)29/h2-15H,16H2,1H3,(H,31,32)/b30-15+. The lowest BCUT2D eigenvalue weighted by molar-refractivity contribution is -0.123. The van der Waals surface area contributed by atoms with E-state index in [1.165, 1.54) is 18.3 Å². The van der Waals surface area contributed by atoms with Crippen molar-refractivity contribution in [1.29, 1.82) is 0 Å². The van der Waals surface area contributed by atoms with E-state index in [4.69, 9.17) is 32.7 Å². The number of rotatable bonds is 7. The first-order valence-electron chi connectivity index (χ1n) is 10.6. The van der Waals surface area contributed by atoms with Crippen LogP contribution in [0.5, 0.6) is 11.5 Å². The quantitative estimate of drug-likeness (QED) is 0.140. The van der Waals surface area contributed by atoms with Gasteiger partial charge < -0.3 is 9.47 Å². The molecule has 4 aromatic carbocycles. The van der Waals surface area contributed by atoms with Gasteiger partial charge in [-0.1, -0.05) is 71.2 Å². The third kappa shape index (κ3) is 6.18. The van der Waals surface area contributed by atoms with Crippen molar-refractivity contribution < 1.29 is 19.1 Å². The van der Waals surface area contributed by atoms with Gasteiger partial charge in [-0.3, -0.25) is 4.79 Å². The van der Waals surface area contributed by atoms with Crippen LogP contribution in [0.25, 0.3) is 10.8 Å². The molecule has 0 saturated heterocycles. The third-order valence-corrected chi connectivity index (χ3v) is 5.61. The predicted molar refractivity (Wildman–Crippen MR) is 138 cm³/mol. The summed E-state index contributed by atoms with van der Waals surface area (Å²) < 4.78 is 11.1. The first-order valence-corrected chi connectivity index (χ1v) is 11.4. The van der Waals surface area contributed by atoms with Gasteiger partial charge in [0.2, 0.25) is 0 Å². The zero-order valence-electron chi connectivity index (χ0n) is 18.6. The van der Waals surface area contributed by atoms with Crippen molar-refractivity contribution in [3.8, 4) is 11.5 Å². The lowest BCUT2D eigenvalue weighted by Gasteiger charge is -2.11. The summed E-state index contributed by atoms with van der Waals surface area (Å²) in [5, 5.41) is 6.33. The number of amides is 1. The van der Waals surface area contributed by atoms with Gasteiger partial charge >= 0.3 is 5.97 Å². The minimum absolute atomic E-state index is 0.175. The topological polar surface area (TPSA) is 77.0 Å². The molecule has 0 aliphatic carbocycles. The van der Waals surface area contributed by atoms with E-state index < -0.39 is 11.9 Å². The molecular formula is C27H20Cl2N2O4. The van der Waals surface area contributed by atoms with Gasteiger partial charge in [-0.25, -0.2) is 10.2 Å². The number of benzene rings is 4. The van der Waals surface area contributed by atoms with Gasteiger partial charge in [0, 0.05) is 10.6 Å². The van der Waals surface area contributed by atoms with Gasteiger partial charge in [-0.05, 0) is 54.1 Å².